The molecule has 0 radical (unpaired) electrons. The van der Waals surface area contributed by atoms with Crippen LogP contribution in [0.1, 0.15) is 56.3 Å². The number of benzene rings is 1. The molecule has 116 valence electrons. The van der Waals surface area contributed by atoms with Gasteiger partial charge in [0.05, 0.1) is 0 Å². The van der Waals surface area contributed by atoms with E-state index in [1.54, 1.807) is 0 Å². The molecular weight excluding hydrogens is 271 g/mol. The van der Waals surface area contributed by atoms with Gasteiger partial charge in [-0.2, -0.15) is 0 Å². The number of hydrogen-bond donors (Lipinski definition) is 0. The van der Waals surface area contributed by atoms with Gasteiger partial charge in [-0.1, -0.05) is 52.8 Å². The van der Waals surface area contributed by atoms with E-state index in [1.807, 2.05) is 37.3 Å². The standard InChI is InChI=1S/C18H30O2.Na.H/c1-8-19-18(7,17(5,6)14-16(2,3)4)20-15-12-10-9-11-13-15;;/h9-13H,8,14H2,1-7H3;;/q;+1;-1. The number of rotatable bonds is 6. The fourth-order valence-electron chi connectivity index (χ4n) is 2.84. The van der Waals surface area contributed by atoms with Crippen LogP contribution in [-0.4, -0.2) is 12.4 Å². The molecule has 0 saturated heterocycles. The minimum absolute atomic E-state index is 0. The van der Waals surface area contributed by atoms with Crippen molar-refractivity contribution in [3.63, 3.8) is 0 Å². The van der Waals surface area contributed by atoms with Crippen molar-refractivity contribution in [1.82, 2.24) is 0 Å². The minimum atomic E-state index is -0.642. The van der Waals surface area contributed by atoms with Crippen LogP contribution in [0.4, 0.5) is 0 Å². The largest absolute Gasteiger partial charge is 1.00 e. The summed E-state index contributed by atoms with van der Waals surface area (Å²) in [7, 11) is 0. The quantitative estimate of drug-likeness (QED) is 0.593. The molecule has 0 spiro atoms. The third-order valence-corrected chi connectivity index (χ3v) is 3.68. The van der Waals surface area contributed by atoms with Crippen LogP contribution < -0.4 is 34.3 Å². The summed E-state index contributed by atoms with van der Waals surface area (Å²) in [6, 6.07) is 9.91. The summed E-state index contributed by atoms with van der Waals surface area (Å²) in [5.41, 5.74) is 0.124. The Labute approximate surface area is 154 Å². The van der Waals surface area contributed by atoms with Gasteiger partial charge in [-0.25, -0.2) is 0 Å². The fourth-order valence-corrected chi connectivity index (χ4v) is 2.84. The molecule has 1 atom stereocenters. The third-order valence-electron chi connectivity index (χ3n) is 3.68. The Kier molecular flexibility index (Phi) is 8.00. The van der Waals surface area contributed by atoms with Gasteiger partial charge >= 0.3 is 29.6 Å². The molecule has 0 N–H and O–H groups in total. The van der Waals surface area contributed by atoms with Crippen molar-refractivity contribution in [3.05, 3.63) is 30.3 Å². The van der Waals surface area contributed by atoms with Crippen LogP contribution in [0.25, 0.3) is 0 Å². The predicted molar refractivity (Wildman–Crippen MR) is 86.1 cm³/mol. The molecule has 0 bridgehead atoms. The minimum Gasteiger partial charge on any atom is -1.00 e. The maximum Gasteiger partial charge on any atom is 1.00 e. The van der Waals surface area contributed by atoms with E-state index in [1.165, 1.54) is 0 Å². The second-order valence-corrected chi connectivity index (χ2v) is 7.42. The van der Waals surface area contributed by atoms with E-state index >= 15 is 0 Å². The molecule has 0 aliphatic carbocycles. The maximum absolute atomic E-state index is 6.23. The topological polar surface area (TPSA) is 18.5 Å². The molecule has 0 aliphatic rings. The number of hydrogen-bond acceptors (Lipinski definition) is 2. The zero-order chi connectivity index (χ0) is 15.4. The summed E-state index contributed by atoms with van der Waals surface area (Å²) in [5, 5.41) is 0. The monoisotopic (exact) mass is 302 g/mol. The van der Waals surface area contributed by atoms with Crippen molar-refractivity contribution in [2.24, 2.45) is 10.8 Å². The van der Waals surface area contributed by atoms with Gasteiger partial charge in [-0.05, 0) is 30.9 Å². The van der Waals surface area contributed by atoms with Crippen LogP contribution in [0.2, 0.25) is 0 Å². The van der Waals surface area contributed by atoms with Gasteiger partial charge in [0, 0.05) is 18.9 Å². The molecule has 0 saturated carbocycles. The van der Waals surface area contributed by atoms with E-state index < -0.39 is 5.79 Å². The second-order valence-electron chi connectivity index (χ2n) is 7.42. The van der Waals surface area contributed by atoms with Crippen molar-refractivity contribution < 1.29 is 40.5 Å². The first kappa shape index (κ1) is 21.0. The first-order valence-electron chi connectivity index (χ1n) is 7.48. The smallest absolute Gasteiger partial charge is 1.00 e. The summed E-state index contributed by atoms with van der Waals surface area (Å²) >= 11 is 0. The number of ether oxygens (including phenoxy) is 2. The molecule has 21 heavy (non-hydrogen) atoms. The van der Waals surface area contributed by atoms with Gasteiger partial charge in [0.15, 0.2) is 0 Å². The van der Waals surface area contributed by atoms with Crippen molar-refractivity contribution in [1.29, 1.82) is 0 Å². The first-order valence-corrected chi connectivity index (χ1v) is 7.48. The van der Waals surface area contributed by atoms with Gasteiger partial charge in [-0.15, -0.1) is 0 Å². The summed E-state index contributed by atoms with van der Waals surface area (Å²) in [6.45, 7) is 15.9. The normalized spacial score (nSPS) is 15.0. The van der Waals surface area contributed by atoms with Crippen molar-refractivity contribution in [2.75, 3.05) is 6.61 Å². The van der Waals surface area contributed by atoms with Gasteiger partial charge in [0.2, 0.25) is 5.79 Å². The summed E-state index contributed by atoms with van der Waals surface area (Å²) < 4.78 is 12.3. The fraction of sp³-hybridized carbons (Fsp3) is 0.667. The Morgan fingerprint density at radius 1 is 0.952 bits per heavy atom. The average molecular weight is 302 g/mol. The van der Waals surface area contributed by atoms with Crippen LogP contribution >= 0.6 is 0 Å². The van der Waals surface area contributed by atoms with E-state index in [2.05, 4.69) is 41.5 Å². The summed E-state index contributed by atoms with van der Waals surface area (Å²) in [5.74, 6) is 0.210. The predicted octanol–water partition coefficient (Wildman–Crippen LogP) is 2.40. The average Bonchev–Trinajstić information content (AvgIpc) is 2.27. The van der Waals surface area contributed by atoms with E-state index in [0.29, 0.717) is 6.61 Å². The zero-order valence-corrected chi connectivity index (χ0v) is 17.1. The van der Waals surface area contributed by atoms with E-state index in [0.717, 1.165) is 12.2 Å². The molecule has 1 unspecified atom stereocenters. The molecule has 0 aliphatic heterocycles. The maximum atomic E-state index is 6.23. The van der Waals surface area contributed by atoms with Crippen molar-refractivity contribution >= 4 is 0 Å². The van der Waals surface area contributed by atoms with Crippen LogP contribution in [0.3, 0.4) is 0 Å². The first-order chi connectivity index (χ1) is 9.10. The van der Waals surface area contributed by atoms with Gasteiger partial charge in [0.25, 0.3) is 0 Å². The Morgan fingerprint density at radius 3 is 1.90 bits per heavy atom. The van der Waals surface area contributed by atoms with Crippen LogP contribution in [0.15, 0.2) is 30.3 Å². The molecule has 0 aromatic heterocycles. The Hall–Kier alpha value is -0.0200. The van der Waals surface area contributed by atoms with Crippen LogP contribution in [-0.2, 0) is 4.74 Å². The molecule has 3 heteroatoms. The molecular formula is C18H31NaO2. The van der Waals surface area contributed by atoms with Gasteiger partial charge in [0.1, 0.15) is 5.75 Å². The zero-order valence-electron chi connectivity index (χ0n) is 16.1. The van der Waals surface area contributed by atoms with E-state index in [9.17, 15) is 0 Å². The number of para-hydroxylation sites is 1. The molecule has 2 nitrogen and oxygen atoms in total. The molecule has 0 heterocycles. The molecule has 1 aromatic rings. The second kappa shape index (κ2) is 8.01. The van der Waals surface area contributed by atoms with Crippen LogP contribution in [0.5, 0.6) is 5.75 Å². The summed E-state index contributed by atoms with van der Waals surface area (Å²) in [4.78, 5) is 0. The SMILES string of the molecule is CCOC(C)(Oc1ccccc1)C(C)(C)CC(C)(C)C.[H-].[Na+]. The van der Waals surface area contributed by atoms with Gasteiger partial charge in [-0.3, -0.25) is 0 Å². The van der Waals surface area contributed by atoms with Crippen molar-refractivity contribution in [3.8, 4) is 5.75 Å². The Bertz CT molecular complexity index is 415. The van der Waals surface area contributed by atoms with E-state index in [4.69, 9.17) is 9.47 Å². The van der Waals surface area contributed by atoms with Gasteiger partial charge < -0.3 is 10.9 Å². The van der Waals surface area contributed by atoms with Crippen molar-refractivity contribution in [2.45, 2.75) is 60.7 Å². The summed E-state index contributed by atoms with van der Waals surface area (Å²) in [6.07, 6.45) is 1.02. The molecule has 1 rings (SSSR count). The third kappa shape index (κ3) is 6.32. The Morgan fingerprint density at radius 2 is 1.48 bits per heavy atom. The molecule has 0 fully saturated rings. The molecule has 0 amide bonds. The molecule has 1 aromatic carbocycles. The van der Waals surface area contributed by atoms with Crippen LogP contribution in [0, 0.1) is 10.8 Å². The Balaban J connectivity index is 0. The van der Waals surface area contributed by atoms with E-state index in [-0.39, 0.29) is 41.8 Å².